The number of aromatic carboxylic acids is 1. The van der Waals surface area contributed by atoms with Crippen molar-refractivity contribution in [2.45, 2.75) is 6.61 Å². The van der Waals surface area contributed by atoms with Crippen LogP contribution in [0.1, 0.15) is 21.5 Å². The topological polar surface area (TPSA) is 83.9 Å². The molecule has 2 amide bonds. The minimum atomic E-state index is -1.00. The highest BCUT2D eigenvalue weighted by Gasteiger charge is 2.36. The van der Waals surface area contributed by atoms with Gasteiger partial charge in [0.05, 0.1) is 16.2 Å². The smallest absolute Gasteiger partial charge is 0.335 e. The van der Waals surface area contributed by atoms with E-state index in [0.29, 0.717) is 27.5 Å². The van der Waals surface area contributed by atoms with Crippen molar-refractivity contribution < 1.29 is 24.2 Å². The first-order chi connectivity index (χ1) is 15.0. The maximum absolute atomic E-state index is 12.8. The predicted octanol–water partition coefficient (Wildman–Crippen LogP) is 5.20. The second-order valence-corrected chi connectivity index (χ2v) is 7.68. The molecule has 1 N–H and O–H groups in total. The Morgan fingerprint density at radius 1 is 0.968 bits per heavy atom. The fraction of sp³-hybridized carbons (Fsp3) is 0.0417. The molecule has 4 rings (SSSR count). The van der Waals surface area contributed by atoms with E-state index in [1.165, 1.54) is 6.07 Å². The van der Waals surface area contributed by atoms with Gasteiger partial charge in [-0.3, -0.25) is 9.59 Å². The van der Waals surface area contributed by atoms with Gasteiger partial charge < -0.3 is 9.84 Å². The van der Waals surface area contributed by atoms with Crippen molar-refractivity contribution in [1.82, 2.24) is 0 Å². The fourth-order valence-corrected chi connectivity index (χ4v) is 3.93. The molecule has 0 bridgehead atoms. The zero-order chi connectivity index (χ0) is 21.8. The van der Waals surface area contributed by atoms with Crippen molar-refractivity contribution in [1.29, 1.82) is 0 Å². The van der Waals surface area contributed by atoms with E-state index in [9.17, 15) is 14.4 Å². The van der Waals surface area contributed by atoms with Gasteiger partial charge in [0.2, 0.25) is 0 Å². The molecule has 6 nitrogen and oxygen atoms in total. The lowest BCUT2D eigenvalue weighted by Crippen LogP contribution is -2.27. The average Bonchev–Trinajstić information content (AvgIpc) is 3.06. The number of rotatable bonds is 6. The van der Waals surface area contributed by atoms with Gasteiger partial charge >= 0.3 is 5.97 Å². The Morgan fingerprint density at radius 3 is 2.48 bits per heavy atom. The summed E-state index contributed by atoms with van der Waals surface area (Å²) in [4.78, 5) is 37.8. The van der Waals surface area contributed by atoms with Crippen LogP contribution >= 0.6 is 11.8 Å². The van der Waals surface area contributed by atoms with Crippen LogP contribution in [0.25, 0.3) is 6.08 Å². The first-order valence-electron chi connectivity index (χ1n) is 9.40. The van der Waals surface area contributed by atoms with E-state index < -0.39 is 5.97 Å². The maximum Gasteiger partial charge on any atom is 0.335 e. The summed E-state index contributed by atoms with van der Waals surface area (Å²) in [5.74, 6) is -0.865. The number of hydrogen-bond acceptors (Lipinski definition) is 5. The Kier molecular flexibility index (Phi) is 5.86. The van der Waals surface area contributed by atoms with Crippen LogP contribution in [0.15, 0.2) is 83.8 Å². The number of thioether (sulfide) groups is 1. The average molecular weight is 431 g/mol. The molecule has 1 saturated heterocycles. The Morgan fingerprint density at radius 2 is 1.71 bits per heavy atom. The lowest BCUT2D eigenvalue weighted by atomic mass is 10.1. The molecule has 0 aromatic heterocycles. The SMILES string of the molecule is O=C(O)c1cccc(COc2ccccc2/C=C2/SC(=O)N(c3ccccc3)C2=O)c1. The summed E-state index contributed by atoms with van der Waals surface area (Å²) >= 11 is 0.878. The number of para-hydroxylation sites is 2. The van der Waals surface area contributed by atoms with Gasteiger partial charge in [-0.2, -0.15) is 0 Å². The molecule has 154 valence electrons. The molecule has 3 aromatic rings. The molecule has 0 aliphatic carbocycles. The summed E-state index contributed by atoms with van der Waals surface area (Å²) in [7, 11) is 0. The third kappa shape index (κ3) is 4.51. The summed E-state index contributed by atoms with van der Waals surface area (Å²) in [6, 6.07) is 22.4. The molecule has 31 heavy (non-hydrogen) atoms. The maximum atomic E-state index is 12.8. The third-order valence-corrected chi connectivity index (χ3v) is 5.45. The van der Waals surface area contributed by atoms with Gasteiger partial charge in [0, 0.05) is 5.56 Å². The van der Waals surface area contributed by atoms with Gasteiger partial charge in [0.15, 0.2) is 0 Å². The van der Waals surface area contributed by atoms with Crippen LogP contribution in [0.2, 0.25) is 0 Å². The number of benzene rings is 3. The fourth-order valence-electron chi connectivity index (χ4n) is 3.10. The minimum absolute atomic E-state index is 0.164. The number of ether oxygens (including phenoxy) is 1. The summed E-state index contributed by atoms with van der Waals surface area (Å²) < 4.78 is 5.89. The summed E-state index contributed by atoms with van der Waals surface area (Å²) in [5, 5.41) is 8.78. The van der Waals surface area contributed by atoms with Crippen LogP contribution in [-0.2, 0) is 11.4 Å². The van der Waals surface area contributed by atoms with Gasteiger partial charge in [0.25, 0.3) is 11.1 Å². The summed E-state index contributed by atoms with van der Waals surface area (Å²) in [6.45, 7) is 0.164. The van der Waals surface area contributed by atoms with Crippen molar-refractivity contribution in [3.63, 3.8) is 0 Å². The molecule has 3 aromatic carbocycles. The van der Waals surface area contributed by atoms with Gasteiger partial charge in [-0.05, 0) is 53.7 Å². The third-order valence-electron chi connectivity index (χ3n) is 4.58. The summed E-state index contributed by atoms with van der Waals surface area (Å²) in [6.07, 6.45) is 1.64. The zero-order valence-electron chi connectivity index (χ0n) is 16.2. The lowest BCUT2D eigenvalue weighted by molar-refractivity contribution is -0.113. The molecule has 1 fully saturated rings. The molecule has 0 radical (unpaired) electrons. The Hall–Kier alpha value is -3.84. The standard InChI is InChI=1S/C24H17NO5S/c26-22-21(31-24(29)25(22)19-10-2-1-3-11-19)14-17-8-4-5-12-20(17)30-15-16-7-6-9-18(13-16)23(27)28/h1-14H,15H2,(H,27,28)/b21-14+. The van der Waals surface area contributed by atoms with Crippen LogP contribution in [0.5, 0.6) is 5.75 Å². The number of amides is 2. The predicted molar refractivity (Wildman–Crippen MR) is 119 cm³/mol. The molecule has 1 aliphatic heterocycles. The lowest BCUT2D eigenvalue weighted by Gasteiger charge is -2.12. The van der Waals surface area contributed by atoms with Gasteiger partial charge in [-0.1, -0.05) is 48.5 Å². The number of carboxylic acids is 1. The molecule has 7 heteroatoms. The molecular weight excluding hydrogens is 414 g/mol. The van der Waals surface area contributed by atoms with Gasteiger partial charge in [-0.25, -0.2) is 9.69 Å². The zero-order valence-corrected chi connectivity index (χ0v) is 17.0. The highest BCUT2D eigenvalue weighted by molar-refractivity contribution is 8.19. The molecule has 0 unspecified atom stereocenters. The Balaban J connectivity index is 1.56. The first kappa shape index (κ1) is 20.4. The number of carbonyl (C=O) groups excluding carboxylic acids is 2. The first-order valence-corrected chi connectivity index (χ1v) is 10.2. The van der Waals surface area contributed by atoms with Crippen LogP contribution in [0.3, 0.4) is 0 Å². The van der Waals surface area contributed by atoms with Crippen LogP contribution in [0, 0.1) is 0 Å². The van der Waals surface area contributed by atoms with E-state index in [1.54, 1.807) is 66.7 Å². The van der Waals surface area contributed by atoms with Crippen molar-refractivity contribution in [3.05, 3.63) is 100 Å². The van der Waals surface area contributed by atoms with Crippen molar-refractivity contribution in [3.8, 4) is 5.75 Å². The van der Waals surface area contributed by atoms with E-state index in [1.807, 2.05) is 12.1 Å². The van der Waals surface area contributed by atoms with Crippen molar-refractivity contribution in [2.24, 2.45) is 0 Å². The number of nitrogens with zero attached hydrogens (tertiary/aromatic N) is 1. The molecule has 0 atom stereocenters. The Bertz CT molecular complexity index is 1190. The molecule has 1 heterocycles. The molecular formula is C24H17NO5S. The van der Waals surface area contributed by atoms with Crippen LogP contribution in [0.4, 0.5) is 10.5 Å². The number of carboxylic acid groups (broad SMARTS) is 1. The van der Waals surface area contributed by atoms with Gasteiger partial charge in [-0.15, -0.1) is 0 Å². The number of imide groups is 1. The van der Waals surface area contributed by atoms with E-state index in [0.717, 1.165) is 16.7 Å². The number of hydrogen-bond donors (Lipinski definition) is 1. The monoisotopic (exact) mass is 431 g/mol. The van der Waals surface area contributed by atoms with Crippen LogP contribution in [-0.4, -0.2) is 22.2 Å². The van der Waals surface area contributed by atoms with E-state index in [2.05, 4.69) is 0 Å². The normalized spacial score (nSPS) is 14.8. The molecule has 0 saturated carbocycles. The second-order valence-electron chi connectivity index (χ2n) is 6.68. The van der Waals surface area contributed by atoms with Crippen LogP contribution < -0.4 is 9.64 Å². The van der Waals surface area contributed by atoms with E-state index in [-0.39, 0.29) is 23.3 Å². The number of anilines is 1. The van der Waals surface area contributed by atoms with Crippen molar-refractivity contribution in [2.75, 3.05) is 4.90 Å². The van der Waals surface area contributed by atoms with E-state index >= 15 is 0 Å². The summed E-state index contributed by atoms with van der Waals surface area (Å²) in [5.41, 5.74) is 2.06. The van der Waals surface area contributed by atoms with Gasteiger partial charge in [0.1, 0.15) is 12.4 Å². The Labute approximate surface area is 182 Å². The molecule has 1 aliphatic rings. The quantitative estimate of drug-likeness (QED) is 0.540. The van der Waals surface area contributed by atoms with Crippen molar-refractivity contribution >= 4 is 40.6 Å². The minimum Gasteiger partial charge on any atom is -0.488 e. The largest absolute Gasteiger partial charge is 0.488 e. The highest BCUT2D eigenvalue weighted by atomic mass is 32.2. The molecule has 0 spiro atoms. The second kappa shape index (κ2) is 8.89. The highest BCUT2D eigenvalue weighted by Crippen LogP contribution is 2.36. The van der Waals surface area contributed by atoms with E-state index in [4.69, 9.17) is 9.84 Å². The number of carbonyl (C=O) groups is 3.